The Morgan fingerprint density at radius 3 is 3.00 bits per heavy atom. The molecule has 3 aromatic rings. The van der Waals surface area contributed by atoms with Gasteiger partial charge in [0.15, 0.2) is 5.65 Å². The molecule has 86 valence electrons. The summed E-state index contributed by atoms with van der Waals surface area (Å²) < 4.78 is 15.0. The first kappa shape index (κ1) is 9.83. The van der Waals surface area contributed by atoms with E-state index in [-0.39, 0.29) is 5.56 Å². The number of nitrogens with one attached hydrogen (secondary N) is 1. The molecule has 0 aliphatic rings. The number of benzene rings is 1. The monoisotopic (exact) mass is 232 g/mol. The summed E-state index contributed by atoms with van der Waals surface area (Å²) in [5.41, 5.74) is 7.85. The summed E-state index contributed by atoms with van der Waals surface area (Å²) >= 11 is 0. The number of carbonyl (C=O) groups excluding carboxylic acids is 1. The van der Waals surface area contributed by atoms with Crippen LogP contribution in [0.3, 0.4) is 0 Å². The van der Waals surface area contributed by atoms with Crippen LogP contribution in [0, 0.1) is 12.7 Å². The van der Waals surface area contributed by atoms with E-state index in [4.69, 9.17) is 5.73 Å². The quantitative estimate of drug-likeness (QED) is 0.664. The fraction of sp³-hybridized carbons (Fsp3) is 0.0909. The van der Waals surface area contributed by atoms with E-state index in [0.717, 1.165) is 11.6 Å². The number of aryl methyl sites for hydroxylation is 1. The number of primary amides is 1. The van der Waals surface area contributed by atoms with Gasteiger partial charge in [-0.15, -0.1) is 0 Å². The Kier molecular flexibility index (Phi) is 1.77. The van der Waals surface area contributed by atoms with Gasteiger partial charge >= 0.3 is 0 Å². The second-order valence-electron chi connectivity index (χ2n) is 3.91. The average Bonchev–Trinajstić information content (AvgIpc) is 2.77. The number of hydrogen-bond acceptors (Lipinski definition) is 2. The Balaban J connectivity index is 2.57. The number of aromatic nitrogens is 3. The van der Waals surface area contributed by atoms with Gasteiger partial charge in [0.25, 0.3) is 5.91 Å². The Morgan fingerprint density at radius 1 is 1.53 bits per heavy atom. The molecule has 1 aromatic carbocycles. The van der Waals surface area contributed by atoms with Crippen molar-refractivity contribution in [3.05, 3.63) is 35.3 Å². The zero-order chi connectivity index (χ0) is 12.2. The maximum atomic E-state index is 13.3. The first-order chi connectivity index (χ1) is 8.08. The van der Waals surface area contributed by atoms with Crippen LogP contribution in [-0.2, 0) is 0 Å². The molecule has 0 spiro atoms. The maximum Gasteiger partial charge on any atom is 0.251 e. The van der Waals surface area contributed by atoms with Crippen molar-refractivity contribution in [2.75, 3.05) is 0 Å². The third-order valence-electron chi connectivity index (χ3n) is 2.74. The van der Waals surface area contributed by atoms with Crippen molar-refractivity contribution in [3.63, 3.8) is 0 Å². The van der Waals surface area contributed by atoms with Crippen LogP contribution in [0.1, 0.15) is 15.9 Å². The molecule has 0 atom stereocenters. The molecule has 0 saturated heterocycles. The largest absolute Gasteiger partial charge is 0.366 e. The molecule has 2 heterocycles. The molecule has 0 radical (unpaired) electrons. The minimum atomic E-state index is -0.677. The second-order valence-corrected chi connectivity index (χ2v) is 3.91. The number of nitrogens with zero attached hydrogens (tertiary/aromatic N) is 2. The number of nitrogens with two attached hydrogens (primary N) is 1. The zero-order valence-electron chi connectivity index (χ0n) is 8.99. The highest BCUT2D eigenvalue weighted by molar-refractivity contribution is 6.05. The van der Waals surface area contributed by atoms with Crippen LogP contribution >= 0.6 is 0 Å². The molecule has 3 N–H and O–H groups in total. The van der Waals surface area contributed by atoms with Gasteiger partial charge in [-0.3, -0.25) is 9.89 Å². The summed E-state index contributed by atoms with van der Waals surface area (Å²) in [4.78, 5) is 15.6. The lowest BCUT2D eigenvalue weighted by atomic mass is 10.1. The lowest BCUT2D eigenvalue weighted by molar-refractivity contribution is 0.100. The highest BCUT2D eigenvalue weighted by atomic mass is 19.1. The van der Waals surface area contributed by atoms with E-state index in [9.17, 15) is 9.18 Å². The van der Waals surface area contributed by atoms with Gasteiger partial charge in [0.05, 0.1) is 11.1 Å². The van der Waals surface area contributed by atoms with Crippen molar-refractivity contribution in [2.24, 2.45) is 5.73 Å². The first-order valence-electron chi connectivity index (χ1n) is 5.03. The van der Waals surface area contributed by atoms with E-state index in [1.165, 1.54) is 6.07 Å². The number of fused-ring (bicyclic) bond motifs is 3. The molecule has 0 aliphatic carbocycles. The molecule has 3 rings (SSSR count). The number of amides is 1. The summed E-state index contributed by atoms with van der Waals surface area (Å²) in [5, 5.41) is 2.95. The molecule has 0 aliphatic heterocycles. The van der Waals surface area contributed by atoms with Gasteiger partial charge in [-0.1, -0.05) is 0 Å². The summed E-state index contributed by atoms with van der Waals surface area (Å²) in [6.07, 6.45) is 1.76. The molecular weight excluding hydrogens is 223 g/mol. The summed E-state index contributed by atoms with van der Waals surface area (Å²) in [5.74, 6) is -1.20. The number of H-pyrrole nitrogens is 1. The predicted octanol–water partition coefficient (Wildman–Crippen LogP) is 1.36. The first-order valence-corrected chi connectivity index (χ1v) is 5.03. The van der Waals surface area contributed by atoms with E-state index in [0.29, 0.717) is 16.7 Å². The predicted molar refractivity (Wildman–Crippen MR) is 60.3 cm³/mol. The summed E-state index contributed by atoms with van der Waals surface area (Å²) in [7, 11) is 0. The minimum Gasteiger partial charge on any atom is -0.366 e. The van der Waals surface area contributed by atoms with Gasteiger partial charge in [-0.05, 0) is 13.0 Å². The molecule has 5 nitrogen and oxygen atoms in total. The van der Waals surface area contributed by atoms with Gasteiger partial charge in [-0.2, -0.15) is 0 Å². The van der Waals surface area contributed by atoms with Gasteiger partial charge in [0.2, 0.25) is 0 Å². The van der Waals surface area contributed by atoms with Crippen LogP contribution in [0.15, 0.2) is 18.3 Å². The van der Waals surface area contributed by atoms with E-state index >= 15 is 0 Å². The lowest BCUT2D eigenvalue weighted by Crippen LogP contribution is -2.12. The van der Waals surface area contributed by atoms with Crippen molar-refractivity contribution >= 4 is 22.6 Å². The molecule has 0 saturated carbocycles. The van der Waals surface area contributed by atoms with Crippen LogP contribution in [0.25, 0.3) is 16.7 Å². The number of imidazole rings is 1. The van der Waals surface area contributed by atoms with Gasteiger partial charge < -0.3 is 5.73 Å². The molecule has 0 bridgehead atoms. The third kappa shape index (κ3) is 1.24. The SMILES string of the molecule is Cc1c[nH]n2c1nc1cc(F)cc(C(N)=O)c12. The average molecular weight is 232 g/mol. The Morgan fingerprint density at radius 2 is 2.29 bits per heavy atom. The fourth-order valence-corrected chi connectivity index (χ4v) is 1.98. The molecule has 6 heteroatoms. The zero-order valence-corrected chi connectivity index (χ0v) is 8.99. The van der Waals surface area contributed by atoms with Crippen molar-refractivity contribution < 1.29 is 9.18 Å². The Labute approximate surface area is 95.0 Å². The summed E-state index contributed by atoms with van der Waals surface area (Å²) in [6.45, 7) is 1.87. The van der Waals surface area contributed by atoms with Crippen molar-refractivity contribution in [3.8, 4) is 0 Å². The Hall–Kier alpha value is -2.37. The molecule has 17 heavy (non-hydrogen) atoms. The van der Waals surface area contributed by atoms with Gasteiger partial charge in [0.1, 0.15) is 11.3 Å². The van der Waals surface area contributed by atoms with Crippen LogP contribution in [-0.4, -0.2) is 20.5 Å². The van der Waals surface area contributed by atoms with Gasteiger partial charge in [-0.25, -0.2) is 13.9 Å². The number of rotatable bonds is 1. The molecule has 1 amide bonds. The fourth-order valence-electron chi connectivity index (χ4n) is 1.98. The third-order valence-corrected chi connectivity index (χ3v) is 2.74. The van der Waals surface area contributed by atoms with Gasteiger partial charge in [0, 0.05) is 17.8 Å². The van der Waals surface area contributed by atoms with Crippen LogP contribution in [0.5, 0.6) is 0 Å². The van der Waals surface area contributed by atoms with E-state index in [2.05, 4.69) is 10.1 Å². The van der Waals surface area contributed by atoms with Crippen molar-refractivity contribution in [2.45, 2.75) is 6.92 Å². The highest BCUT2D eigenvalue weighted by Crippen LogP contribution is 2.23. The van der Waals surface area contributed by atoms with E-state index in [1.54, 1.807) is 10.7 Å². The topological polar surface area (TPSA) is 76.2 Å². The number of aromatic amines is 1. The number of halogens is 1. The summed E-state index contributed by atoms with van der Waals surface area (Å²) in [6, 6.07) is 2.40. The minimum absolute atomic E-state index is 0.120. The standard InChI is InChI=1S/C11H9FN4O/c1-5-4-14-16-9-7(10(13)17)2-6(12)3-8(9)15-11(5)16/h2-4,14H,1H3,(H2,13,17). The molecular formula is C11H9FN4O. The highest BCUT2D eigenvalue weighted by Gasteiger charge is 2.16. The molecule has 0 fully saturated rings. The normalized spacial score (nSPS) is 11.4. The smallest absolute Gasteiger partial charge is 0.251 e. The van der Waals surface area contributed by atoms with Crippen LogP contribution in [0.4, 0.5) is 4.39 Å². The number of carbonyl (C=O) groups is 1. The Bertz CT molecular complexity index is 756. The van der Waals surface area contributed by atoms with Crippen LogP contribution < -0.4 is 5.73 Å². The van der Waals surface area contributed by atoms with E-state index in [1.807, 2.05) is 6.92 Å². The lowest BCUT2D eigenvalue weighted by Gasteiger charge is -1.99. The van der Waals surface area contributed by atoms with E-state index < -0.39 is 11.7 Å². The maximum absolute atomic E-state index is 13.3. The molecule has 0 unspecified atom stereocenters. The molecule has 2 aromatic heterocycles. The second kappa shape index (κ2) is 3.07. The van der Waals surface area contributed by atoms with Crippen LogP contribution in [0.2, 0.25) is 0 Å². The van der Waals surface area contributed by atoms with Crippen molar-refractivity contribution in [1.82, 2.24) is 14.6 Å². The van der Waals surface area contributed by atoms with Crippen molar-refractivity contribution in [1.29, 1.82) is 0 Å². The number of hydrogen-bond donors (Lipinski definition) is 2.